The summed E-state index contributed by atoms with van der Waals surface area (Å²) in [5.41, 5.74) is 10.7. The lowest BCUT2D eigenvalue weighted by Crippen LogP contribution is -2.03. The second kappa shape index (κ2) is 4.23. The summed E-state index contributed by atoms with van der Waals surface area (Å²) in [6, 6.07) is 4.24. The molecule has 102 valence electrons. The number of nitrogen functional groups attached to an aromatic ring is 1. The van der Waals surface area contributed by atoms with E-state index in [9.17, 15) is 9.18 Å². The summed E-state index contributed by atoms with van der Waals surface area (Å²) < 4.78 is 13.4. The molecular formula is C15H14FN3O. The van der Waals surface area contributed by atoms with E-state index in [1.165, 1.54) is 12.1 Å². The van der Waals surface area contributed by atoms with Gasteiger partial charge in [0.25, 0.3) is 5.91 Å². The van der Waals surface area contributed by atoms with Gasteiger partial charge in [-0.25, -0.2) is 4.39 Å². The molecule has 3 rings (SSSR count). The number of H-pyrrole nitrogens is 1. The Balaban J connectivity index is 2.15. The van der Waals surface area contributed by atoms with Crippen molar-refractivity contribution < 1.29 is 9.18 Å². The number of hydrogen-bond acceptors (Lipinski definition) is 2. The van der Waals surface area contributed by atoms with Gasteiger partial charge in [0.05, 0.1) is 11.3 Å². The summed E-state index contributed by atoms with van der Waals surface area (Å²) >= 11 is 0. The predicted molar refractivity (Wildman–Crippen MR) is 77.6 cm³/mol. The number of halogens is 1. The molecule has 0 atom stereocenters. The topological polar surface area (TPSA) is 70.9 Å². The maximum Gasteiger partial charge on any atom is 0.256 e. The Hall–Kier alpha value is -2.56. The number of nitrogens with two attached hydrogens (primary N) is 1. The number of carbonyl (C=O) groups is 1. The number of aromatic nitrogens is 1. The highest BCUT2D eigenvalue weighted by Gasteiger charge is 2.25. The van der Waals surface area contributed by atoms with Gasteiger partial charge < -0.3 is 16.0 Å². The van der Waals surface area contributed by atoms with Gasteiger partial charge in [-0.05, 0) is 43.7 Å². The van der Waals surface area contributed by atoms with Crippen molar-refractivity contribution in [2.24, 2.45) is 0 Å². The van der Waals surface area contributed by atoms with Gasteiger partial charge in [-0.3, -0.25) is 4.79 Å². The van der Waals surface area contributed by atoms with E-state index < -0.39 is 0 Å². The monoisotopic (exact) mass is 271 g/mol. The zero-order chi connectivity index (χ0) is 14.4. The van der Waals surface area contributed by atoms with Crippen LogP contribution in [-0.4, -0.2) is 10.9 Å². The first-order valence-corrected chi connectivity index (χ1v) is 6.25. The zero-order valence-electron chi connectivity index (χ0n) is 11.2. The summed E-state index contributed by atoms with van der Waals surface area (Å²) in [6.45, 7) is 3.75. The highest BCUT2D eigenvalue weighted by atomic mass is 19.1. The van der Waals surface area contributed by atoms with Gasteiger partial charge in [0.15, 0.2) is 0 Å². The third-order valence-corrected chi connectivity index (χ3v) is 3.59. The number of fused-ring (bicyclic) bond motifs is 1. The second-order valence-corrected chi connectivity index (χ2v) is 4.90. The van der Waals surface area contributed by atoms with Crippen LogP contribution in [0.5, 0.6) is 0 Å². The van der Waals surface area contributed by atoms with Crippen LogP contribution in [0, 0.1) is 19.7 Å². The van der Waals surface area contributed by atoms with E-state index >= 15 is 0 Å². The molecule has 0 radical (unpaired) electrons. The van der Waals surface area contributed by atoms with Gasteiger partial charge in [0.1, 0.15) is 5.82 Å². The Morgan fingerprint density at radius 1 is 1.30 bits per heavy atom. The summed E-state index contributed by atoms with van der Waals surface area (Å²) in [5.74, 6) is -0.610. The van der Waals surface area contributed by atoms with Gasteiger partial charge in [0, 0.05) is 22.6 Å². The third kappa shape index (κ3) is 1.79. The largest absolute Gasteiger partial charge is 0.397 e. The van der Waals surface area contributed by atoms with Crippen LogP contribution in [0.25, 0.3) is 11.6 Å². The predicted octanol–water partition coefficient (Wildman–Crippen LogP) is 2.85. The fourth-order valence-electron chi connectivity index (χ4n) is 2.38. The SMILES string of the molecule is Cc1[nH]c(C=C2C(=O)Nc3ccc(F)cc32)c(C)c1N. The average Bonchev–Trinajstić information content (AvgIpc) is 2.83. The molecular weight excluding hydrogens is 257 g/mol. The molecule has 0 bridgehead atoms. The molecule has 1 aromatic carbocycles. The molecule has 4 nitrogen and oxygen atoms in total. The highest BCUT2D eigenvalue weighted by molar-refractivity contribution is 6.34. The number of amides is 1. The number of anilines is 2. The smallest absolute Gasteiger partial charge is 0.256 e. The lowest BCUT2D eigenvalue weighted by molar-refractivity contribution is -0.110. The molecule has 20 heavy (non-hydrogen) atoms. The first kappa shape index (κ1) is 12.5. The van der Waals surface area contributed by atoms with Gasteiger partial charge in [0.2, 0.25) is 0 Å². The van der Waals surface area contributed by atoms with E-state index in [4.69, 9.17) is 5.73 Å². The summed E-state index contributed by atoms with van der Waals surface area (Å²) in [7, 11) is 0. The Kier molecular flexibility index (Phi) is 2.64. The number of aryl methyl sites for hydroxylation is 1. The number of aromatic amines is 1. The van der Waals surface area contributed by atoms with Crippen molar-refractivity contribution >= 4 is 28.9 Å². The molecule has 2 heterocycles. The number of nitrogens with one attached hydrogen (secondary N) is 2. The summed E-state index contributed by atoms with van der Waals surface area (Å²) in [6.07, 6.45) is 1.71. The van der Waals surface area contributed by atoms with Crippen LogP contribution in [0.4, 0.5) is 15.8 Å². The third-order valence-electron chi connectivity index (χ3n) is 3.59. The minimum atomic E-state index is -0.370. The van der Waals surface area contributed by atoms with Crippen LogP contribution >= 0.6 is 0 Å². The summed E-state index contributed by atoms with van der Waals surface area (Å²) in [4.78, 5) is 15.1. The Bertz CT molecular complexity index is 759. The maximum absolute atomic E-state index is 13.4. The van der Waals surface area contributed by atoms with Gasteiger partial charge in [-0.2, -0.15) is 0 Å². The van der Waals surface area contributed by atoms with Crippen LogP contribution in [0.15, 0.2) is 18.2 Å². The quantitative estimate of drug-likeness (QED) is 0.698. The van der Waals surface area contributed by atoms with E-state index in [2.05, 4.69) is 10.3 Å². The van der Waals surface area contributed by atoms with E-state index in [1.54, 1.807) is 12.1 Å². The first-order chi connectivity index (χ1) is 9.47. The second-order valence-electron chi connectivity index (χ2n) is 4.90. The van der Waals surface area contributed by atoms with Crippen LogP contribution in [0.1, 0.15) is 22.5 Å². The standard InChI is InChI=1S/C15H14FN3O/c1-7-13(18-8(2)14(7)17)6-11-10-5-9(16)3-4-12(10)19-15(11)20/h3-6,18H,17H2,1-2H3,(H,19,20). The molecule has 0 unspecified atom stereocenters. The summed E-state index contributed by atoms with van der Waals surface area (Å²) in [5, 5.41) is 2.72. The number of rotatable bonds is 1. The molecule has 1 aromatic heterocycles. The van der Waals surface area contributed by atoms with Gasteiger partial charge >= 0.3 is 0 Å². The molecule has 0 spiro atoms. The van der Waals surface area contributed by atoms with Crippen molar-refractivity contribution in [3.05, 3.63) is 46.5 Å². The molecule has 4 N–H and O–H groups in total. The molecule has 1 aliphatic heterocycles. The first-order valence-electron chi connectivity index (χ1n) is 6.25. The molecule has 0 saturated heterocycles. The van der Waals surface area contributed by atoms with Crippen LogP contribution in [-0.2, 0) is 4.79 Å². The van der Waals surface area contributed by atoms with Crippen molar-refractivity contribution in [2.45, 2.75) is 13.8 Å². The van der Waals surface area contributed by atoms with Crippen molar-refractivity contribution in [3.8, 4) is 0 Å². The number of benzene rings is 1. The van der Waals surface area contributed by atoms with Crippen LogP contribution in [0.2, 0.25) is 0 Å². The van der Waals surface area contributed by atoms with Crippen LogP contribution < -0.4 is 11.1 Å². The molecule has 1 aliphatic rings. The molecule has 0 fully saturated rings. The van der Waals surface area contributed by atoms with E-state index in [0.29, 0.717) is 22.5 Å². The van der Waals surface area contributed by atoms with Gasteiger partial charge in [-0.15, -0.1) is 0 Å². The van der Waals surface area contributed by atoms with Crippen molar-refractivity contribution in [1.82, 2.24) is 4.98 Å². The lowest BCUT2D eigenvalue weighted by Gasteiger charge is -1.99. The molecule has 0 aliphatic carbocycles. The Morgan fingerprint density at radius 3 is 2.70 bits per heavy atom. The Morgan fingerprint density at radius 2 is 2.05 bits per heavy atom. The molecule has 5 heteroatoms. The maximum atomic E-state index is 13.4. The normalized spacial score (nSPS) is 15.6. The van der Waals surface area contributed by atoms with Crippen LogP contribution in [0.3, 0.4) is 0 Å². The minimum Gasteiger partial charge on any atom is -0.397 e. The lowest BCUT2D eigenvalue weighted by atomic mass is 10.0. The molecule has 2 aromatic rings. The van der Waals surface area contributed by atoms with E-state index in [0.717, 1.165) is 17.0 Å². The molecule has 0 saturated carbocycles. The Labute approximate surface area is 115 Å². The minimum absolute atomic E-state index is 0.240. The van der Waals surface area contributed by atoms with Crippen molar-refractivity contribution in [1.29, 1.82) is 0 Å². The average molecular weight is 271 g/mol. The number of hydrogen-bond donors (Lipinski definition) is 3. The fourth-order valence-corrected chi connectivity index (χ4v) is 2.38. The van der Waals surface area contributed by atoms with Gasteiger partial charge in [-0.1, -0.05) is 0 Å². The van der Waals surface area contributed by atoms with Crippen molar-refractivity contribution in [3.63, 3.8) is 0 Å². The van der Waals surface area contributed by atoms with E-state index in [1.807, 2.05) is 13.8 Å². The zero-order valence-corrected chi connectivity index (χ0v) is 11.2. The van der Waals surface area contributed by atoms with Crippen molar-refractivity contribution in [2.75, 3.05) is 11.1 Å². The fraction of sp³-hybridized carbons (Fsp3) is 0.133. The molecule has 1 amide bonds. The highest BCUT2D eigenvalue weighted by Crippen LogP contribution is 2.34. The van der Waals surface area contributed by atoms with E-state index in [-0.39, 0.29) is 11.7 Å². The number of carbonyl (C=O) groups excluding carboxylic acids is 1.